The normalized spacial score (nSPS) is 19.4. The lowest BCUT2D eigenvalue weighted by Crippen LogP contribution is -2.53. The van der Waals surface area contributed by atoms with Gasteiger partial charge in [-0.3, -0.25) is 4.79 Å². The van der Waals surface area contributed by atoms with Gasteiger partial charge in [-0.15, -0.1) is 11.3 Å². The van der Waals surface area contributed by atoms with Crippen LogP contribution < -0.4 is 9.80 Å². The Balaban J connectivity index is 1.41. The second-order valence-electron chi connectivity index (χ2n) is 9.51. The van der Waals surface area contributed by atoms with Gasteiger partial charge in [-0.1, -0.05) is 17.7 Å². The largest absolute Gasteiger partial charge is 0.365 e. The van der Waals surface area contributed by atoms with E-state index >= 15 is 0 Å². The number of thiophene rings is 1. The van der Waals surface area contributed by atoms with Crippen LogP contribution >= 0.6 is 11.3 Å². The van der Waals surface area contributed by atoms with E-state index in [0.717, 1.165) is 65.0 Å². The number of hydrogen-bond acceptors (Lipinski definition) is 6. The molecule has 6 nitrogen and oxygen atoms in total. The van der Waals surface area contributed by atoms with Gasteiger partial charge in [0, 0.05) is 44.5 Å². The van der Waals surface area contributed by atoms with Gasteiger partial charge >= 0.3 is 0 Å². The van der Waals surface area contributed by atoms with Gasteiger partial charge in [-0.25, -0.2) is 9.97 Å². The molecule has 3 aromatic rings. The number of piperazine rings is 1. The molecule has 0 bridgehead atoms. The van der Waals surface area contributed by atoms with E-state index in [1.165, 1.54) is 41.9 Å². The van der Waals surface area contributed by atoms with Crippen LogP contribution in [0.25, 0.3) is 10.2 Å². The number of rotatable bonds is 3. The fraction of sp³-hybridized carbons (Fsp3) is 0.500. The molecule has 0 aliphatic carbocycles. The van der Waals surface area contributed by atoms with Gasteiger partial charge in [-0.2, -0.15) is 0 Å². The summed E-state index contributed by atoms with van der Waals surface area (Å²) < 4.78 is 0. The van der Waals surface area contributed by atoms with E-state index in [0.29, 0.717) is 0 Å². The summed E-state index contributed by atoms with van der Waals surface area (Å²) in [7, 11) is 0. The topological polar surface area (TPSA) is 52.6 Å². The molecule has 174 valence electrons. The van der Waals surface area contributed by atoms with Crippen LogP contribution in [0.3, 0.4) is 0 Å². The third kappa shape index (κ3) is 4.19. The van der Waals surface area contributed by atoms with Gasteiger partial charge in [0.1, 0.15) is 16.5 Å². The number of aryl methyl sites for hydroxylation is 3. The van der Waals surface area contributed by atoms with Gasteiger partial charge in [-0.05, 0) is 64.7 Å². The standard InChI is InChI=1S/C26H33N5OS/c1-17-8-10-21(11-9-17)31-15-14-30(16-18(31)2)26(32)23-19(3)22-24(29-12-6-5-7-13-29)27-20(4)28-25(22)33-23/h8-11,18H,5-7,12-16H2,1-4H3. The minimum atomic E-state index is 0.133. The quantitative estimate of drug-likeness (QED) is 0.550. The molecule has 2 saturated heterocycles. The van der Waals surface area contributed by atoms with Crippen LogP contribution in [0.2, 0.25) is 0 Å². The van der Waals surface area contributed by atoms with Crippen LogP contribution in [0.1, 0.15) is 52.8 Å². The Bertz CT molecular complexity index is 1170. The molecule has 2 fully saturated rings. The molecule has 0 radical (unpaired) electrons. The highest BCUT2D eigenvalue weighted by atomic mass is 32.1. The van der Waals surface area contributed by atoms with Gasteiger partial charge in [0.2, 0.25) is 0 Å². The summed E-state index contributed by atoms with van der Waals surface area (Å²) in [5, 5.41) is 1.07. The predicted octanol–water partition coefficient (Wildman–Crippen LogP) is 4.96. The molecule has 0 spiro atoms. The van der Waals surface area contributed by atoms with Crippen molar-refractivity contribution in [3.63, 3.8) is 0 Å². The Morgan fingerprint density at radius 3 is 2.39 bits per heavy atom. The zero-order chi connectivity index (χ0) is 23.1. The summed E-state index contributed by atoms with van der Waals surface area (Å²) in [5.74, 6) is 1.93. The molecule has 1 amide bonds. The molecule has 5 rings (SSSR count). The van der Waals surface area contributed by atoms with Crippen molar-refractivity contribution in [1.29, 1.82) is 0 Å². The first kappa shape index (κ1) is 22.1. The van der Waals surface area contributed by atoms with E-state index in [2.05, 4.69) is 54.8 Å². The fourth-order valence-electron chi connectivity index (χ4n) is 5.17. The zero-order valence-electron chi connectivity index (χ0n) is 20.1. The lowest BCUT2D eigenvalue weighted by molar-refractivity contribution is 0.0730. The molecule has 7 heteroatoms. The minimum Gasteiger partial charge on any atom is -0.365 e. The van der Waals surface area contributed by atoms with Crippen LogP contribution in [0.15, 0.2) is 24.3 Å². The number of piperidine rings is 1. The number of aromatic nitrogens is 2. The van der Waals surface area contributed by atoms with Crippen LogP contribution in [0, 0.1) is 20.8 Å². The summed E-state index contributed by atoms with van der Waals surface area (Å²) in [4.78, 5) is 31.8. The third-order valence-electron chi connectivity index (χ3n) is 7.01. The van der Waals surface area contributed by atoms with Crippen molar-refractivity contribution in [3.8, 4) is 0 Å². The van der Waals surface area contributed by atoms with Gasteiger partial charge in [0.05, 0.1) is 10.3 Å². The maximum atomic E-state index is 13.7. The molecule has 1 atom stereocenters. The number of hydrogen-bond donors (Lipinski definition) is 0. The van der Waals surface area contributed by atoms with Crippen LogP contribution in [0.5, 0.6) is 0 Å². The Morgan fingerprint density at radius 1 is 0.970 bits per heavy atom. The van der Waals surface area contributed by atoms with Crippen molar-refractivity contribution in [2.45, 2.75) is 53.0 Å². The number of nitrogens with zero attached hydrogens (tertiary/aromatic N) is 5. The first-order valence-corrected chi connectivity index (χ1v) is 12.9. The van der Waals surface area contributed by atoms with Crippen molar-refractivity contribution < 1.29 is 4.79 Å². The molecule has 0 saturated carbocycles. The maximum absolute atomic E-state index is 13.7. The first-order valence-electron chi connectivity index (χ1n) is 12.1. The molecule has 2 aliphatic heterocycles. The van der Waals surface area contributed by atoms with Crippen molar-refractivity contribution in [3.05, 3.63) is 46.1 Å². The van der Waals surface area contributed by atoms with Gasteiger partial charge in [0.25, 0.3) is 5.91 Å². The number of carbonyl (C=O) groups is 1. The third-order valence-corrected chi connectivity index (χ3v) is 8.19. The molecule has 33 heavy (non-hydrogen) atoms. The highest BCUT2D eigenvalue weighted by molar-refractivity contribution is 7.20. The molecule has 0 N–H and O–H groups in total. The lowest BCUT2D eigenvalue weighted by atomic mass is 10.1. The van der Waals surface area contributed by atoms with Gasteiger partial charge in [0.15, 0.2) is 0 Å². The summed E-state index contributed by atoms with van der Waals surface area (Å²) in [5.41, 5.74) is 3.53. The first-order chi connectivity index (χ1) is 15.9. The van der Waals surface area contributed by atoms with E-state index in [1.54, 1.807) is 0 Å². The van der Waals surface area contributed by atoms with Crippen molar-refractivity contribution in [1.82, 2.24) is 14.9 Å². The maximum Gasteiger partial charge on any atom is 0.264 e. The molecular weight excluding hydrogens is 430 g/mol. The van der Waals surface area contributed by atoms with E-state index in [1.807, 2.05) is 11.8 Å². The minimum absolute atomic E-state index is 0.133. The predicted molar refractivity (Wildman–Crippen MR) is 137 cm³/mol. The summed E-state index contributed by atoms with van der Waals surface area (Å²) >= 11 is 1.54. The number of carbonyl (C=O) groups excluding carboxylic acids is 1. The number of anilines is 2. The fourth-order valence-corrected chi connectivity index (χ4v) is 6.35. The number of amides is 1. The summed E-state index contributed by atoms with van der Waals surface area (Å²) in [6, 6.07) is 8.95. The number of fused-ring (bicyclic) bond motifs is 1. The highest BCUT2D eigenvalue weighted by Crippen LogP contribution is 2.37. The molecule has 2 aliphatic rings. The second-order valence-corrected chi connectivity index (χ2v) is 10.5. The second kappa shape index (κ2) is 8.93. The van der Waals surface area contributed by atoms with Crippen LogP contribution in [-0.4, -0.2) is 59.5 Å². The number of benzene rings is 1. The molecule has 1 aromatic carbocycles. The van der Waals surface area contributed by atoms with E-state index in [9.17, 15) is 4.79 Å². The average Bonchev–Trinajstić information content (AvgIpc) is 3.15. The SMILES string of the molecule is Cc1ccc(N2CCN(C(=O)c3sc4nc(C)nc(N5CCCCC5)c4c3C)CC2C)cc1. The summed E-state index contributed by atoms with van der Waals surface area (Å²) in [6.07, 6.45) is 3.67. The molecular formula is C26H33N5OS. The molecule has 2 aromatic heterocycles. The van der Waals surface area contributed by atoms with Crippen molar-refractivity contribution in [2.24, 2.45) is 0 Å². The zero-order valence-corrected chi connectivity index (χ0v) is 20.9. The summed E-state index contributed by atoms with van der Waals surface area (Å²) in [6.45, 7) is 12.7. The van der Waals surface area contributed by atoms with Gasteiger partial charge < -0.3 is 14.7 Å². The molecule has 1 unspecified atom stereocenters. The Labute approximate surface area is 200 Å². The van der Waals surface area contributed by atoms with Crippen LogP contribution in [0.4, 0.5) is 11.5 Å². The van der Waals surface area contributed by atoms with Crippen LogP contribution in [-0.2, 0) is 0 Å². The highest BCUT2D eigenvalue weighted by Gasteiger charge is 2.31. The van der Waals surface area contributed by atoms with E-state index in [4.69, 9.17) is 9.97 Å². The Hall–Kier alpha value is -2.67. The molecule has 4 heterocycles. The lowest BCUT2D eigenvalue weighted by Gasteiger charge is -2.41. The Kier molecular flexibility index (Phi) is 5.99. The van der Waals surface area contributed by atoms with Crippen molar-refractivity contribution >= 4 is 39.0 Å². The van der Waals surface area contributed by atoms with Crippen molar-refractivity contribution in [2.75, 3.05) is 42.5 Å². The van der Waals surface area contributed by atoms with E-state index < -0.39 is 0 Å². The monoisotopic (exact) mass is 463 g/mol. The van der Waals surface area contributed by atoms with E-state index in [-0.39, 0.29) is 11.9 Å². The average molecular weight is 464 g/mol. The Morgan fingerprint density at radius 2 is 1.70 bits per heavy atom. The smallest absolute Gasteiger partial charge is 0.264 e.